The molecule has 3 rings (SSSR count). The van der Waals surface area contributed by atoms with Crippen LogP contribution in [0.4, 0.5) is 13.2 Å². The lowest BCUT2D eigenvalue weighted by Gasteiger charge is -2.07. The van der Waals surface area contributed by atoms with Gasteiger partial charge in [0.15, 0.2) is 0 Å². The van der Waals surface area contributed by atoms with Gasteiger partial charge in [0.2, 0.25) is 10.0 Å². The Morgan fingerprint density at radius 3 is 2.44 bits per heavy atom. The van der Waals surface area contributed by atoms with Gasteiger partial charge in [0.05, 0.1) is 16.2 Å². The Kier molecular flexibility index (Phi) is 4.40. The third-order valence-electron chi connectivity index (χ3n) is 3.41. The van der Waals surface area contributed by atoms with Gasteiger partial charge >= 0.3 is 6.18 Å². The minimum atomic E-state index is -4.45. The summed E-state index contributed by atoms with van der Waals surface area (Å²) in [6.45, 7) is 0. The van der Waals surface area contributed by atoms with E-state index in [1.807, 2.05) is 0 Å². The van der Waals surface area contributed by atoms with Gasteiger partial charge in [-0.05, 0) is 18.2 Å². The van der Waals surface area contributed by atoms with Crippen LogP contribution in [0.15, 0.2) is 58.8 Å². The molecule has 0 radical (unpaired) electrons. The molecule has 0 saturated heterocycles. The predicted octanol–water partition coefficient (Wildman–Crippen LogP) is 4.14. The van der Waals surface area contributed by atoms with Gasteiger partial charge in [0.1, 0.15) is 5.01 Å². The minimum Gasteiger partial charge on any atom is -0.236 e. The molecule has 0 fully saturated rings. The van der Waals surface area contributed by atoms with Crippen molar-refractivity contribution >= 4 is 21.4 Å². The molecule has 4 nitrogen and oxygen atoms in total. The molecule has 0 aliphatic heterocycles. The number of aromatic nitrogens is 1. The molecular weight excluding hydrogens is 373 g/mol. The summed E-state index contributed by atoms with van der Waals surface area (Å²) >= 11 is 1.13. The molecule has 2 aromatic carbocycles. The van der Waals surface area contributed by atoms with Crippen molar-refractivity contribution in [2.45, 2.75) is 11.1 Å². The molecule has 0 unspecified atom stereocenters. The maximum atomic E-state index is 12.8. The maximum absolute atomic E-state index is 12.8. The lowest BCUT2D eigenvalue weighted by atomic mass is 10.1. The summed E-state index contributed by atoms with van der Waals surface area (Å²) in [5.74, 6) is 0. The summed E-state index contributed by atoms with van der Waals surface area (Å²) in [6.07, 6.45) is -4.45. The van der Waals surface area contributed by atoms with E-state index in [-0.39, 0.29) is 4.90 Å². The Morgan fingerprint density at radius 1 is 1.04 bits per heavy atom. The van der Waals surface area contributed by atoms with E-state index >= 15 is 0 Å². The fraction of sp³-hybridized carbons (Fsp3) is 0.0625. The fourth-order valence-corrected chi connectivity index (χ4v) is 3.95. The molecule has 1 aromatic heterocycles. The van der Waals surface area contributed by atoms with Gasteiger partial charge in [-0.2, -0.15) is 13.2 Å². The van der Waals surface area contributed by atoms with E-state index in [2.05, 4.69) is 4.98 Å². The summed E-state index contributed by atoms with van der Waals surface area (Å²) in [5, 5.41) is 7.14. The number of hydrogen-bond donors (Lipinski definition) is 1. The van der Waals surface area contributed by atoms with Gasteiger partial charge in [-0.3, -0.25) is 0 Å². The third-order valence-corrected chi connectivity index (χ3v) is 5.26. The van der Waals surface area contributed by atoms with Crippen LogP contribution in [0.1, 0.15) is 5.56 Å². The van der Waals surface area contributed by atoms with E-state index in [0.717, 1.165) is 23.5 Å². The molecule has 0 amide bonds. The van der Waals surface area contributed by atoms with E-state index in [9.17, 15) is 21.6 Å². The predicted molar refractivity (Wildman–Crippen MR) is 89.4 cm³/mol. The number of halogens is 3. The van der Waals surface area contributed by atoms with E-state index < -0.39 is 21.8 Å². The summed E-state index contributed by atoms with van der Waals surface area (Å²) in [6, 6.07) is 10.9. The topological polar surface area (TPSA) is 73.1 Å². The van der Waals surface area contributed by atoms with Crippen molar-refractivity contribution in [3.05, 3.63) is 59.5 Å². The molecule has 1 heterocycles. The van der Waals surface area contributed by atoms with Crippen LogP contribution in [0, 0.1) is 0 Å². The van der Waals surface area contributed by atoms with Gasteiger partial charge in [-0.15, -0.1) is 11.3 Å². The fourth-order valence-electron chi connectivity index (χ4n) is 2.28. The number of hydrogen-bond acceptors (Lipinski definition) is 4. The lowest BCUT2D eigenvalue weighted by Crippen LogP contribution is -2.13. The van der Waals surface area contributed by atoms with Crippen molar-refractivity contribution in [2.75, 3.05) is 0 Å². The average molecular weight is 384 g/mol. The highest BCUT2D eigenvalue weighted by Gasteiger charge is 2.30. The number of nitrogens with zero attached hydrogens (tertiary/aromatic N) is 1. The standard InChI is InChI=1S/C16H11F3N2O2S2/c17-16(18,19)11-5-3-4-10(8-11)13-9-24-15(21-13)12-6-1-2-7-14(12)25(20,22)23/h1-9H,(H2,20,22,23). The summed E-state index contributed by atoms with van der Waals surface area (Å²) < 4.78 is 61.9. The molecule has 0 aliphatic rings. The van der Waals surface area contributed by atoms with Gasteiger partial charge in [-0.25, -0.2) is 18.5 Å². The van der Waals surface area contributed by atoms with Crippen LogP contribution in [0.3, 0.4) is 0 Å². The molecule has 3 aromatic rings. The molecule has 0 saturated carbocycles. The van der Waals surface area contributed by atoms with Crippen LogP contribution >= 0.6 is 11.3 Å². The van der Waals surface area contributed by atoms with E-state index in [0.29, 0.717) is 21.8 Å². The molecule has 0 spiro atoms. The largest absolute Gasteiger partial charge is 0.416 e. The number of rotatable bonds is 3. The van der Waals surface area contributed by atoms with Crippen molar-refractivity contribution < 1.29 is 21.6 Å². The van der Waals surface area contributed by atoms with Gasteiger partial charge in [-0.1, -0.05) is 30.3 Å². The third kappa shape index (κ3) is 3.73. The first-order valence-corrected chi connectivity index (χ1v) is 9.34. The monoisotopic (exact) mass is 384 g/mol. The lowest BCUT2D eigenvalue weighted by molar-refractivity contribution is -0.137. The molecule has 0 atom stereocenters. The highest BCUT2D eigenvalue weighted by atomic mass is 32.2. The van der Waals surface area contributed by atoms with Crippen molar-refractivity contribution in [2.24, 2.45) is 5.14 Å². The number of thiazole rings is 1. The second kappa shape index (κ2) is 6.25. The van der Waals surface area contributed by atoms with Gasteiger partial charge in [0, 0.05) is 16.5 Å². The van der Waals surface area contributed by atoms with Crippen LogP contribution in [-0.2, 0) is 16.2 Å². The zero-order valence-corrected chi connectivity index (χ0v) is 14.1. The van der Waals surface area contributed by atoms with Crippen LogP contribution in [0.25, 0.3) is 21.8 Å². The first-order chi connectivity index (χ1) is 11.7. The zero-order valence-electron chi connectivity index (χ0n) is 12.5. The smallest absolute Gasteiger partial charge is 0.236 e. The van der Waals surface area contributed by atoms with Crippen molar-refractivity contribution in [1.29, 1.82) is 0 Å². The average Bonchev–Trinajstić information content (AvgIpc) is 3.03. The molecule has 25 heavy (non-hydrogen) atoms. The Balaban J connectivity index is 2.06. The highest BCUT2D eigenvalue weighted by molar-refractivity contribution is 7.89. The van der Waals surface area contributed by atoms with E-state index in [4.69, 9.17) is 5.14 Å². The summed E-state index contributed by atoms with van der Waals surface area (Å²) in [7, 11) is -3.95. The Morgan fingerprint density at radius 2 is 1.76 bits per heavy atom. The zero-order chi connectivity index (χ0) is 18.2. The quantitative estimate of drug-likeness (QED) is 0.737. The number of primary sulfonamides is 1. The Hall–Kier alpha value is -2.23. The second-order valence-corrected chi connectivity index (χ2v) is 7.55. The number of sulfonamides is 1. The van der Waals surface area contributed by atoms with Crippen molar-refractivity contribution in [3.8, 4) is 21.8 Å². The Labute approximate surface area is 145 Å². The Bertz CT molecular complexity index is 1030. The highest BCUT2D eigenvalue weighted by Crippen LogP contribution is 2.35. The van der Waals surface area contributed by atoms with E-state index in [1.165, 1.54) is 24.3 Å². The number of nitrogens with two attached hydrogens (primary N) is 1. The normalized spacial score (nSPS) is 12.3. The number of alkyl halides is 3. The molecule has 0 aliphatic carbocycles. The molecular formula is C16H11F3N2O2S2. The maximum Gasteiger partial charge on any atom is 0.416 e. The van der Waals surface area contributed by atoms with Crippen molar-refractivity contribution in [1.82, 2.24) is 4.98 Å². The second-order valence-electron chi connectivity index (χ2n) is 5.16. The van der Waals surface area contributed by atoms with Crippen LogP contribution in [0.2, 0.25) is 0 Å². The van der Waals surface area contributed by atoms with Crippen LogP contribution in [0.5, 0.6) is 0 Å². The number of benzene rings is 2. The molecule has 9 heteroatoms. The first kappa shape index (κ1) is 17.6. The SMILES string of the molecule is NS(=O)(=O)c1ccccc1-c1nc(-c2cccc(C(F)(F)F)c2)cs1. The summed E-state index contributed by atoms with van der Waals surface area (Å²) in [4.78, 5) is 4.20. The molecule has 2 N–H and O–H groups in total. The molecule has 130 valence electrons. The van der Waals surface area contributed by atoms with Crippen LogP contribution in [-0.4, -0.2) is 13.4 Å². The van der Waals surface area contributed by atoms with Crippen molar-refractivity contribution in [3.63, 3.8) is 0 Å². The molecule has 0 bridgehead atoms. The van der Waals surface area contributed by atoms with Crippen LogP contribution < -0.4 is 5.14 Å². The van der Waals surface area contributed by atoms with E-state index in [1.54, 1.807) is 17.5 Å². The first-order valence-electron chi connectivity index (χ1n) is 6.91. The summed E-state index contributed by atoms with van der Waals surface area (Å²) in [5.41, 5.74) is 0.165. The van der Waals surface area contributed by atoms with Gasteiger partial charge in [0.25, 0.3) is 0 Å². The minimum absolute atomic E-state index is 0.0834. The van der Waals surface area contributed by atoms with Gasteiger partial charge < -0.3 is 0 Å².